The highest BCUT2D eigenvalue weighted by Crippen LogP contribution is 2.39. The normalized spacial score (nSPS) is 11.9. The van der Waals surface area contributed by atoms with E-state index in [-0.39, 0.29) is 11.2 Å². The Balaban J connectivity index is 2.33. The Morgan fingerprint density at radius 1 is 1.05 bits per heavy atom. The van der Waals surface area contributed by atoms with Gasteiger partial charge in [0.15, 0.2) is 0 Å². The topological polar surface area (TPSA) is 20.3 Å². The summed E-state index contributed by atoms with van der Waals surface area (Å²) in [6.07, 6.45) is 0. The molecule has 20 heavy (non-hydrogen) atoms. The summed E-state index contributed by atoms with van der Waals surface area (Å²) < 4.78 is 0. The van der Waals surface area contributed by atoms with Gasteiger partial charge in [-0.05, 0) is 17.7 Å². The molecule has 0 aromatic heterocycles. The maximum absolute atomic E-state index is 12.4. The van der Waals surface area contributed by atoms with E-state index in [1.54, 1.807) is 19.0 Å². The number of hydrogen-bond acceptors (Lipinski definition) is 2. The van der Waals surface area contributed by atoms with Crippen molar-refractivity contribution in [3.8, 4) is 0 Å². The van der Waals surface area contributed by atoms with Crippen LogP contribution in [0.5, 0.6) is 0 Å². The lowest BCUT2D eigenvalue weighted by Gasteiger charge is -2.21. The highest BCUT2D eigenvalue weighted by molar-refractivity contribution is 8.00. The van der Waals surface area contributed by atoms with E-state index in [1.165, 1.54) is 11.8 Å². The van der Waals surface area contributed by atoms with Crippen LogP contribution in [0.4, 0.5) is 0 Å². The van der Waals surface area contributed by atoms with Crippen LogP contribution in [-0.4, -0.2) is 24.9 Å². The summed E-state index contributed by atoms with van der Waals surface area (Å²) in [7, 11) is 3.54. The van der Waals surface area contributed by atoms with Crippen molar-refractivity contribution in [3.05, 3.63) is 65.2 Å². The molecule has 0 saturated heterocycles. The fourth-order valence-electron chi connectivity index (χ4n) is 1.79. The first-order valence-electron chi connectivity index (χ1n) is 6.27. The van der Waals surface area contributed by atoms with Crippen molar-refractivity contribution >= 4 is 29.3 Å². The van der Waals surface area contributed by atoms with Crippen molar-refractivity contribution in [3.63, 3.8) is 0 Å². The van der Waals surface area contributed by atoms with Gasteiger partial charge in [-0.25, -0.2) is 0 Å². The smallest absolute Gasteiger partial charge is 0.240 e. The molecule has 0 N–H and O–H groups in total. The van der Waals surface area contributed by atoms with Crippen LogP contribution in [-0.2, 0) is 4.79 Å². The zero-order valence-corrected chi connectivity index (χ0v) is 13.0. The van der Waals surface area contributed by atoms with Crippen LogP contribution in [0, 0.1) is 0 Å². The number of amides is 1. The highest BCUT2D eigenvalue weighted by atomic mass is 35.5. The van der Waals surface area contributed by atoms with Gasteiger partial charge in [0.05, 0.1) is 5.02 Å². The largest absolute Gasteiger partial charge is 0.348 e. The average molecular weight is 306 g/mol. The fraction of sp³-hybridized carbons (Fsp3) is 0.188. The summed E-state index contributed by atoms with van der Waals surface area (Å²) in [6, 6.07) is 17.4. The molecule has 0 saturated carbocycles. The van der Waals surface area contributed by atoms with Gasteiger partial charge in [-0.2, -0.15) is 0 Å². The molecule has 1 unspecified atom stereocenters. The highest BCUT2D eigenvalue weighted by Gasteiger charge is 2.24. The third kappa shape index (κ3) is 3.56. The molecular formula is C16H16ClNOS. The van der Waals surface area contributed by atoms with Crippen molar-refractivity contribution in [2.45, 2.75) is 10.1 Å². The van der Waals surface area contributed by atoms with Gasteiger partial charge >= 0.3 is 0 Å². The van der Waals surface area contributed by atoms with Crippen molar-refractivity contribution in [2.75, 3.05) is 14.1 Å². The van der Waals surface area contributed by atoms with Gasteiger partial charge in [0, 0.05) is 19.0 Å². The average Bonchev–Trinajstić information content (AvgIpc) is 2.46. The number of carbonyl (C=O) groups is 1. The third-order valence-corrected chi connectivity index (χ3v) is 4.61. The van der Waals surface area contributed by atoms with E-state index in [0.29, 0.717) is 5.02 Å². The standard InChI is InChI=1S/C16H16ClNOS/c1-18(2)16(19)15(12-8-4-3-5-9-12)20-14-11-7-6-10-13(14)17/h3-11,15H,1-2H3. The molecule has 1 atom stereocenters. The van der Waals surface area contributed by atoms with E-state index in [9.17, 15) is 4.79 Å². The molecule has 0 heterocycles. The van der Waals surface area contributed by atoms with Gasteiger partial charge in [0.1, 0.15) is 5.25 Å². The zero-order chi connectivity index (χ0) is 14.5. The predicted molar refractivity (Wildman–Crippen MR) is 85.2 cm³/mol. The maximum atomic E-state index is 12.4. The van der Waals surface area contributed by atoms with Crippen LogP contribution >= 0.6 is 23.4 Å². The van der Waals surface area contributed by atoms with E-state index in [4.69, 9.17) is 11.6 Å². The number of thioether (sulfide) groups is 1. The Kier molecular flexibility index (Phi) is 5.10. The Bertz CT molecular complexity index is 586. The van der Waals surface area contributed by atoms with E-state index >= 15 is 0 Å². The predicted octanol–water partition coefficient (Wildman–Crippen LogP) is 4.26. The molecule has 0 aliphatic heterocycles. The number of halogens is 1. The van der Waals surface area contributed by atoms with Gasteiger partial charge in [-0.3, -0.25) is 4.79 Å². The number of rotatable bonds is 4. The van der Waals surface area contributed by atoms with E-state index in [2.05, 4.69) is 0 Å². The quantitative estimate of drug-likeness (QED) is 0.787. The second-order valence-corrected chi connectivity index (χ2v) is 6.13. The minimum Gasteiger partial charge on any atom is -0.348 e. The summed E-state index contributed by atoms with van der Waals surface area (Å²) in [6.45, 7) is 0. The first-order valence-corrected chi connectivity index (χ1v) is 7.52. The Labute approximate surface area is 128 Å². The van der Waals surface area contributed by atoms with E-state index in [1.807, 2.05) is 54.6 Å². The molecule has 0 aliphatic rings. The van der Waals surface area contributed by atoms with Gasteiger partial charge in [-0.15, -0.1) is 11.8 Å². The van der Waals surface area contributed by atoms with Crippen molar-refractivity contribution in [2.24, 2.45) is 0 Å². The molecule has 2 nitrogen and oxygen atoms in total. The molecule has 2 aromatic carbocycles. The lowest BCUT2D eigenvalue weighted by molar-refractivity contribution is -0.128. The Hall–Kier alpha value is -1.45. The molecule has 0 fully saturated rings. The lowest BCUT2D eigenvalue weighted by atomic mass is 10.1. The first kappa shape index (κ1) is 14.9. The minimum absolute atomic E-state index is 0.0566. The van der Waals surface area contributed by atoms with Crippen molar-refractivity contribution in [1.82, 2.24) is 4.90 Å². The zero-order valence-electron chi connectivity index (χ0n) is 11.4. The number of nitrogens with zero attached hydrogens (tertiary/aromatic N) is 1. The van der Waals surface area contributed by atoms with Gasteiger partial charge in [0.25, 0.3) is 0 Å². The number of benzene rings is 2. The lowest BCUT2D eigenvalue weighted by Crippen LogP contribution is -2.26. The molecule has 0 radical (unpaired) electrons. The molecule has 0 bridgehead atoms. The van der Waals surface area contributed by atoms with Crippen LogP contribution in [0.25, 0.3) is 0 Å². The first-order chi connectivity index (χ1) is 9.59. The summed E-state index contributed by atoms with van der Waals surface area (Å²) in [4.78, 5) is 14.9. The monoisotopic (exact) mass is 305 g/mol. The molecule has 0 spiro atoms. The Morgan fingerprint density at radius 3 is 2.25 bits per heavy atom. The van der Waals surface area contributed by atoms with Crippen LogP contribution in [0.15, 0.2) is 59.5 Å². The molecule has 4 heteroatoms. The molecule has 2 rings (SSSR count). The van der Waals surface area contributed by atoms with Gasteiger partial charge < -0.3 is 4.90 Å². The molecule has 2 aromatic rings. The number of carbonyl (C=O) groups excluding carboxylic acids is 1. The van der Waals surface area contributed by atoms with Gasteiger partial charge in [0.2, 0.25) is 5.91 Å². The maximum Gasteiger partial charge on any atom is 0.240 e. The van der Waals surface area contributed by atoms with Crippen LogP contribution < -0.4 is 0 Å². The van der Waals surface area contributed by atoms with Gasteiger partial charge in [-0.1, -0.05) is 54.1 Å². The number of hydrogen-bond donors (Lipinski definition) is 0. The van der Waals surface area contributed by atoms with E-state index < -0.39 is 0 Å². The number of likely N-dealkylation sites (N-methyl/N-ethyl adjacent to an activating group) is 1. The van der Waals surface area contributed by atoms with E-state index in [0.717, 1.165) is 10.5 Å². The SMILES string of the molecule is CN(C)C(=O)C(Sc1ccccc1Cl)c1ccccc1. The molecular weight excluding hydrogens is 290 g/mol. The second kappa shape index (κ2) is 6.82. The molecule has 1 amide bonds. The van der Waals surface area contributed by atoms with Crippen LogP contribution in [0.1, 0.15) is 10.8 Å². The van der Waals surface area contributed by atoms with Crippen LogP contribution in [0.2, 0.25) is 5.02 Å². The summed E-state index contributed by atoms with van der Waals surface area (Å²) in [5, 5.41) is 0.385. The van der Waals surface area contributed by atoms with Crippen LogP contribution in [0.3, 0.4) is 0 Å². The summed E-state index contributed by atoms with van der Waals surface area (Å²) >= 11 is 7.68. The summed E-state index contributed by atoms with van der Waals surface area (Å²) in [5.41, 5.74) is 0.983. The third-order valence-electron chi connectivity index (χ3n) is 2.85. The molecule has 0 aliphatic carbocycles. The molecule has 104 valence electrons. The minimum atomic E-state index is -0.286. The van der Waals surface area contributed by atoms with Crippen molar-refractivity contribution in [1.29, 1.82) is 0 Å². The second-order valence-electron chi connectivity index (χ2n) is 4.57. The van der Waals surface area contributed by atoms with Crippen molar-refractivity contribution < 1.29 is 4.79 Å². The Morgan fingerprint density at radius 2 is 1.65 bits per heavy atom. The fourth-order valence-corrected chi connectivity index (χ4v) is 3.26. The summed E-state index contributed by atoms with van der Waals surface area (Å²) in [5.74, 6) is 0.0566.